The number of aromatic amines is 1. The third-order valence-electron chi connectivity index (χ3n) is 5.52. The van der Waals surface area contributed by atoms with Crippen LogP contribution in [-0.4, -0.2) is 74.1 Å². The lowest BCUT2D eigenvalue weighted by atomic mass is 10.1. The van der Waals surface area contributed by atoms with E-state index in [-0.39, 0.29) is 42.8 Å². The standard InChI is InChI=1S/C22H23FN4O5S/c1-31-19-8-7-17(13-20(19)32-2)33(29,30)27-11-9-26(10-12-27)22(28)18-14-24-25-21(18)15-3-5-16(23)6-4-15/h3-8,13-14H,9-12H2,1-2H3,(H,24,25). The summed E-state index contributed by atoms with van der Waals surface area (Å²) in [5, 5.41) is 6.75. The van der Waals surface area contributed by atoms with Crippen LogP contribution in [0.1, 0.15) is 10.4 Å². The molecule has 11 heteroatoms. The largest absolute Gasteiger partial charge is 0.493 e. The molecule has 0 bridgehead atoms. The van der Waals surface area contributed by atoms with E-state index in [1.807, 2.05) is 0 Å². The SMILES string of the molecule is COc1ccc(S(=O)(=O)N2CCN(C(=O)c3cn[nH]c3-c3ccc(F)cc3)CC2)cc1OC. The van der Waals surface area contributed by atoms with E-state index in [1.54, 1.807) is 23.1 Å². The molecule has 1 aliphatic heterocycles. The van der Waals surface area contributed by atoms with E-state index < -0.39 is 10.0 Å². The zero-order valence-electron chi connectivity index (χ0n) is 18.1. The van der Waals surface area contributed by atoms with Gasteiger partial charge in [-0.1, -0.05) is 0 Å². The van der Waals surface area contributed by atoms with Gasteiger partial charge in [-0.25, -0.2) is 12.8 Å². The minimum atomic E-state index is -3.77. The number of nitrogens with one attached hydrogen (secondary N) is 1. The van der Waals surface area contributed by atoms with Crippen LogP contribution in [0.25, 0.3) is 11.3 Å². The van der Waals surface area contributed by atoms with Crippen molar-refractivity contribution in [1.82, 2.24) is 19.4 Å². The lowest BCUT2D eigenvalue weighted by Crippen LogP contribution is -2.50. The second kappa shape index (κ2) is 9.20. The van der Waals surface area contributed by atoms with Crippen molar-refractivity contribution in [1.29, 1.82) is 0 Å². The van der Waals surface area contributed by atoms with Crippen LogP contribution in [0.4, 0.5) is 4.39 Å². The topological polar surface area (TPSA) is 105 Å². The molecule has 33 heavy (non-hydrogen) atoms. The number of ether oxygens (including phenoxy) is 2. The number of sulfonamides is 1. The number of rotatable bonds is 6. The maximum absolute atomic E-state index is 13.2. The van der Waals surface area contributed by atoms with Crippen molar-refractivity contribution < 1.29 is 27.1 Å². The molecule has 1 fully saturated rings. The summed E-state index contributed by atoms with van der Waals surface area (Å²) in [6.45, 7) is 0.733. The summed E-state index contributed by atoms with van der Waals surface area (Å²) in [6, 6.07) is 10.2. The Labute approximate surface area is 190 Å². The molecule has 1 N–H and O–H groups in total. The number of hydrogen-bond acceptors (Lipinski definition) is 6. The molecule has 2 heterocycles. The Bertz CT molecular complexity index is 1250. The van der Waals surface area contributed by atoms with Crippen molar-refractivity contribution in [2.45, 2.75) is 4.90 Å². The maximum Gasteiger partial charge on any atom is 0.257 e. The molecule has 2 aromatic carbocycles. The van der Waals surface area contributed by atoms with Crippen LogP contribution in [0.5, 0.6) is 11.5 Å². The summed E-state index contributed by atoms with van der Waals surface area (Å²) in [5.74, 6) is 0.105. The number of halogens is 1. The first-order valence-corrected chi connectivity index (χ1v) is 11.6. The van der Waals surface area contributed by atoms with Gasteiger partial charge in [0.05, 0.1) is 36.6 Å². The van der Waals surface area contributed by atoms with Crippen LogP contribution in [0, 0.1) is 5.82 Å². The van der Waals surface area contributed by atoms with Crippen molar-refractivity contribution >= 4 is 15.9 Å². The van der Waals surface area contributed by atoms with Gasteiger partial charge < -0.3 is 14.4 Å². The minimum Gasteiger partial charge on any atom is -0.493 e. The number of carbonyl (C=O) groups is 1. The molecule has 0 spiro atoms. The molecule has 174 valence electrons. The first-order chi connectivity index (χ1) is 15.8. The van der Waals surface area contributed by atoms with E-state index >= 15 is 0 Å². The molecule has 0 radical (unpaired) electrons. The van der Waals surface area contributed by atoms with Gasteiger partial charge in [0, 0.05) is 37.8 Å². The fraction of sp³-hybridized carbons (Fsp3) is 0.273. The molecule has 1 aromatic heterocycles. The van der Waals surface area contributed by atoms with Gasteiger partial charge in [0.2, 0.25) is 10.0 Å². The lowest BCUT2D eigenvalue weighted by molar-refractivity contribution is 0.0698. The highest BCUT2D eigenvalue weighted by atomic mass is 32.2. The van der Waals surface area contributed by atoms with E-state index in [0.29, 0.717) is 28.3 Å². The summed E-state index contributed by atoms with van der Waals surface area (Å²) >= 11 is 0. The number of carbonyl (C=O) groups excluding carboxylic acids is 1. The van der Waals surface area contributed by atoms with E-state index in [1.165, 1.54) is 49.0 Å². The number of H-pyrrole nitrogens is 1. The highest BCUT2D eigenvalue weighted by Crippen LogP contribution is 2.31. The number of nitrogens with zero attached hydrogens (tertiary/aromatic N) is 3. The van der Waals surface area contributed by atoms with Crippen molar-refractivity contribution in [3.8, 4) is 22.8 Å². The third-order valence-corrected chi connectivity index (χ3v) is 7.42. The van der Waals surface area contributed by atoms with Gasteiger partial charge in [-0.05, 0) is 36.4 Å². The van der Waals surface area contributed by atoms with E-state index in [2.05, 4.69) is 10.2 Å². The van der Waals surface area contributed by atoms with Crippen molar-refractivity contribution in [3.63, 3.8) is 0 Å². The van der Waals surface area contributed by atoms with Crippen LogP contribution in [-0.2, 0) is 10.0 Å². The Morgan fingerprint density at radius 1 is 1.00 bits per heavy atom. The number of hydrogen-bond donors (Lipinski definition) is 1. The molecular formula is C22H23FN4O5S. The molecule has 1 aliphatic rings. The predicted octanol–water partition coefficient (Wildman–Crippen LogP) is 2.38. The molecular weight excluding hydrogens is 451 g/mol. The van der Waals surface area contributed by atoms with Crippen LogP contribution >= 0.6 is 0 Å². The fourth-order valence-electron chi connectivity index (χ4n) is 3.71. The Morgan fingerprint density at radius 3 is 2.30 bits per heavy atom. The van der Waals surface area contributed by atoms with E-state index in [9.17, 15) is 17.6 Å². The van der Waals surface area contributed by atoms with E-state index in [4.69, 9.17) is 9.47 Å². The van der Waals surface area contributed by atoms with E-state index in [0.717, 1.165) is 0 Å². The smallest absolute Gasteiger partial charge is 0.257 e. The van der Waals surface area contributed by atoms with Crippen LogP contribution in [0.15, 0.2) is 53.6 Å². The van der Waals surface area contributed by atoms with Crippen molar-refractivity contribution in [2.24, 2.45) is 0 Å². The summed E-state index contributed by atoms with van der Waals surface area (Å²) in [4.78, 5) is 14.8. The quantitative estimate of drug-likeness (QED) is 0.588. The molecule has 1 amide bonds. The highest BCUT2D eigenvalue weighted by molar-refractivity contribution is 7.89. The van der Waals surface area contributed by atoms with Gasteiger partial charge in [-0.15, -0.1) is 0 Å². The highest BCUT2D eigenvalue weighted by Gasteiger charge is 2.32. The summed E-state index contributed by atoms with van der Waals surface area (Å²) in [7, 11) is -0.857. The Kier molecular flexibility index (Phi) is 6.34. The van der Waals surface area contributed by atoms with Crippen LogP contribution in [0.3, 0.4) is 0 Å². The number of piperazine rings is 1. The average molecular weight is 475 g/mol. The van der Waals surface area contributed by atoms with Crippen molar-refractivity contribution in [3.05, 3.63) is 60.0 Å². The Hall–Kier alpha value is -3.44. The number of amides is 1. The molecule has 1 saturated heterocycles. The Balaban J connectivity index is 1.48. The van der Waals surface area contributed by atoms with Gasteiger partial charge in [0.25, 0.3) is 5.91 Å². The monoisotopic (exact) mass is 474 g/mol. The van der Waals surface area contributed by atoms with Gasteiger partial charge in [-0.3, -0.25) is 9.89 Å². The molecule has 9 nitrogen and oxygen atoms in total. The predicted molar refractivity (Wildman–Crippen MR) is 118 cm³/mol. The first kappa shape index (κ1) is 22.7. The summed E-state index contributed by atoms with van der Waals surface area (Å²) < 4.78 is 51.2. The molecule has 3 aromatic rings. The zero-order valence-corrected chi connectivity index (χ0v) is 18.9. The lowest BCUT2D eigenvalue weighted by Gasteiger charge is -2.34. The van der Waals surface area contributed by atoms with Crippen molar-refractivity contribution in [2.75, 3.05) is 40.4 Å². The molecule has 0 unspecified atom stereocenters. The minimum absolute atomic E-state index is 0.0911. The summed E-state index contributed by atoms with van der Waals surface area (Å²) in [6.07, 6.45) is 1.42. The summed E-state index contributed by atoms with van der Waals surface area (Å²) in [5.41, 5.74) is 1.46. The van der Waals surface area contributed by atoms with Gasteiger partial charge in [0.1, 0.15) is 5.82 Å². The average Bonchev–Trinajstić information content (AvgIpc) is 3.33. The van der Waals surface area contributed by atoms with Gasteiger partial charge >= 0.3 is 0 Å². The van der Waals surface area contributed by atoms with Gasteiger partial charge in [-0.2, -0.15) is 9.40 Å². The maximum atomic E-state index is 13.2. The molecule has 0 aliphatic carbocycles. The number of aromatic nitrogens is 2. The second-order valence-corrected chi connectivity index (χ2v) is 9.32. The zero-order chi connectivity index (χ0) is 23.6. The molecule has 0 saturated carbocycles. The number of benzene rings is 2. The normalized spacial score (nSPS) is 14.8. The fourth-order valence-corrected chi connectivity index (χ4v) is 5.15. The third kappa shape index (κ3) is 4.41. The first-order valence-electron chi connectivity index (χ1n) is 10.2. The number of methoxy groups -OCH3 is 2. The van der Waals surface area contributed by atoms with Crippen LogP contribution < -0.4 is 9.47 Å². The second-order valence-electron chi connectivity index (χ2n) is 7.38. The van der Waals surface area contributed by atoms with Crippen LogP contribution in [0.2, 0.25) is 0 Å². The Morgan fingerprint density at radius 2 is 1.67 bits per heavy atom. The van der Waals surface area contributed by atoms with Gasteiger partial charge in [0.15, 0.2) is 11.5 Å². The molecule has 4 rings (SSSR count). The molecule has 0 atom stereocenters.